The lowest BCUT2D eigenvalue weighted by Crippen LogP contribution is -1.89. The molecule has 3 rings (SSSR count). The van der Waals surface area contributed by atoms with Gasteiger partial charge in [0.2, 0.25) is 0 Å². The van der Waals surface area contributed by atoms with Crippen molar-refractivity contribution in [3.63, 3.8) is 0 Å². The van der Waals surface area contributed by atoms with Crippen LogP contribution in [0.1, 0.15) is 0 Å². The Hall–Kier alpha value is -1.54. The zero-order valence-corrected chi connectivity index (χ0v) is 13.6. The molecule has 4 nitrogen and oxygen atoms in total. The number of nitrogens with two attached hydrogens (primary N) is 1. The van der Waals surface area contributed by atoms with Crippen LogP contribution in [0.15, 0.2) is 40.2 Å². The molecule has 0 saturated carbocycles. The Labute approximate surface area is 133 Å². The maximum absolute atomic E-state index is 5.95. The summed E-state index contributed by atoms with van der Waals surface area (Å²) < 4.78 is 11.8. The number of hydrogen-bond acceptors (Lipinski definition) is 5. The van der Waals surface area contributed by atoms with E-state index in [2.05, 4.69) is 33.8 Å². The summed E-state index contributed by atoms with van der Waals surface area (Å²) in [5.74, 6) is 1.90. The molecule has 2 N–H and O–H groups in total. The van der Waals surface area contributed by atoms with Gasteiger partial charge in [-0.1, -0.05) is 17.3 Å². The van der Waals surface area contributed by atoms with E-state index in [1.54, 1.807) is 18.4 Å². The van der Waals surface area contributed by atoms with Crippen LogP contribution in [-0.2, 0) is 0 Å². The Morgan fingerprint density at radius 3 is 2.60 bits per heavy atom. The van der Waals surface area contributed by atoms with Crippen molar-refractivity contribution in [3.05, 3.63) is 38.6 Å². The Kier molecular flexibility index (Phi) is 3.66. The quantitative estimate of drug-likeness (QED) is 0.670. The third kappa shape index (κ3) is 2.40. The van der Waals surface area contributed by atoms with Crippen molar-refractivity contribution >= 4 is 39.7 Å². The molecule has 0 radical (unpaired) electrons. The van der Waals surface area contributed by atoms with Crippen LogP contribution in [0.25, 0.3) is 22.5 Å². The van der Waals surface area contributed by atoms with Crippen LogP contribution in [0, 0.1) is 2.88 Å². The first kappa shape index (κ1) is 13.4. The van der Waals surface area contributed by atoms with Crippen molar-refractivity contribution in [1.29, 1.82) is 0 Å². The first-order valence-electron chi connectivity index (χ1n) is 5.83. The van der Waals surface area contributed by atoms with Crippen LogP contribution in [0.3, 0.4) is 0 Å². The molecule has 0 saturated heterocycles. The van der Waals surface area contributed by atoms with E-state index in [4.69, 9.17) is 15.0 Å². The van der Waals surface area contributed by atoms with E-state index in [0.29, 0.717) is 11.6 Å². The van der Waals surface area contributed by atoms with Gasteiger partial charge in [0.25, 0.3) is 0 Å². The summed E-state index contributed by atoms with van der Waals surface area (Å²) in [5.41, 5.74) is 8.73. The summed E-state index contributed by atoms with van der Waals surface area (Å²) in [6, 6.07) is 9.73. The number of hydrogen-bond donors (Lipinski definition) is 1. The van der Waals surface area contributed by atoms with Crippen molar-refractivity contribution in [2.75, 3.05) is 12.8 Å². The normalized spacial score (nSPS) is 10.7. The van der Waals surface area contributed by atoms with Gasteiger partial charge in [0, 0.05) is 10.9 Å². The second kappa shape index (κ2) is 5.45. The largest absolute Gasteiger partial charge is 0.497 e. The summed E-state index contributed by atoms with van der Waals surface area (Å²) in [6.07, 6.45) is 0. The minimum absolute atomic E-state index is 0.395. The highest BCUT2D eigenvalue weighted by atomic mass is 127. The Morgan fingerprint density at radius 2 is 2.00 bits per heavy atom. The van der Waals surface area contributed by atoms with Crippen LogP contribution < -0.4 is 10.5 Å². The standard InChI is InChI=1S/C14H11IN2O2S/c1-18-10-4-2-8(3-5-10)12-13(19-17-14(12)16)9-6-11(15)20-7-9/h2-7H,1H3,(H2,16,17). The summed E-state index contributed by atoms with van der Waals surface area (Å²) >= 11 is 3.94. The van der Waals surface area contributed by atoms with Gasteiger partial charge in [0.15, 0.2) is 11.6 Å². The van der Waals surface area contributed by atoms with Crippen LogP contribution in [0.4, 0.5) is 5.82 Å². The number of benzene rings is 1. The Bertz CT molecular complexity index is 734. The van der Waals surface area contributed by atoms with E-state index in [0.717, 1.165) is 22.4 Å². The first-order chi connectivity index (χ1) is 9.69. The lowest BCUT2D eigenvalue weighted by molar-refractivity contribution is 0.415. The number of nitrogens with zero attached hydrogens (tertiary/aromatic N) is 1. The molecule has 20 heavy (non-hydrogen) atoms. The first-order valence-corrected chi connectivity index (χ1v) is 7.79. The molecule has 0 unspecified atom stereocenters. The molecule has 0 spiro atoms. The summed E-state index contributed by atoms with van der Waals surface area (Å²) in [4.78, 5) is 0. The molecule has 0 amide bonds. The van der Waals surface area contributed by atoms with E-state index in [1.165, 1.54) is 2.88 Å². The second-order valence-electron chi connectivity index (χ2n) is 4.14. The van der Waals surface area contributed by atoms with Crippen LogP contribution in [0.2, 0.25) is 0 Å². The van der Waals surface area contributed by atoms with Gasteiger partial charge >= 0.3 is 0 Å². The minimum Gasteiger partial charge on any atom is -0.497 e. The van der Waals surface area contributed by atoms with Crippen molar-refractivity contribution < 1.29 is 9.26 Å². The molecule has 0 atom stereocenters. The Balaban J connectivity index is 2.10. The van der Waals surface area contributed by atoms with Crippen LogP contribution >= 0.6 is 33.9 Å². The van der Waals surface area contributed by atoms with Crippen molar-refractivity contribution in [2.24, 2.45) is 0 Å². The fourth-order valence-corrected chi connectivity index (χ4v) is 3.29. The van der Waals surface area contributed by atoms with Gasteiger partial charge in [-0.25, -0.2) is 0 Å². The predicted octanol–water partition coefficient (Wildman–Crippen LogP) is 4.27. The maximum atomic E-state index is 5.95. The summed E-state index contributed by atoms with van der Waals surface area (Å²) in [7, 11) is 1.64. The van der Waals surface area contributed by atoms with E-state index in [1.807, 2.05) is 29.6 Å². The summed E-state index contributed by atoms with van der Waals surface area (Å²) in [6.45, 7) is 0. The number of halogens is 1. The number of thiophene rings is 1. The monoisotopic (exact) mass is 398 g/mol. The van der Waals surface area contributed by atoms with Gasteiger partial charge in [-0.2, -0.15) is 0 Å². The third-order valence-electron chi connectivity index (χ3n) is 2.93. The molecule has 2 aromatic heterocycles. The Morgan fingerprint density at radius 1 is 1.25 bits per heavy atom. The molecule has 0 aliphatic heterocycles. The van der Waals surface area contributed by atoms with E-state index >= 15 is 0 Å². The smallest absolute Gasteiger partial charge is 0.177 e. The number of nitrogen functional groups attached to an aromatic ring is 1. The molecule has 0 fully saturated rings. The highest BCUT2D eigenvalue weighted by Crippen LogP contribution is 2.38. The number of ether oxygens (including phenoxy) is 1. The molecule has 0 aliphatic rings. The van der Waals surface area contributed by atoms with E-state index < -0.39 is 0 Å². The average molecular weight is 398 g/mol. The van der Waals surface area contributed by atoms with Gasteiger partial charge in [0.1, 0.15) is 5.75 Å². The van der Waals surface area contributed by atoms with Gasteiger partial charge in [-0.3, -0.25) is 0 Å². The van der Waals surface area contributed by atoms with Gasteiger partial charge in [-0.05, 0) is 46.4 Å². The fraction of sp³-hybridized carbons (Fsp3) is 0.0714. The van der Waals surface area contributed by atoms with Crippen molar-refractivity contribution in [2.45, 2.75) is 0 Å². The highest BCUT2D eigenvalue weighted by molar-refractivity contribution is 14.1. The number of rotatable bonds is 3. The zero-order valence-electron chi connectivity index (χ0n) is 10.6. The van der Waals surface area contributed by atoms with E-state index in [9.17, 15) is 0 Å². The molecule has 2 heterocycles. The molecule has 0 aliphatic carbocycles. The second-order valence-corrected chi connectivity index (χ2v) is 6.95. The third-order valence-corrected chi connectivity index (χ3v) is 4.72. The SMILES string of the molecule is COc1ccc(-c2c(N)noc2-c2csc(I)c2)cc1. The molecular weight excluding hydrogens is 387 g/mol. The molecule has 3 aromatic rings. The molecule has 6 heteroatoms. The average Bonchev–Trinajstić information content (AvgIpc) is 3.05. The fourth-order valence-electron chi connectivity index (χ4n) is 1.97. The van der Waals surface area contributed by atoms with Crippen LogP contribution in [0.5, 0.6) is 5.75 Å². The number of methoxy groups -OCH3 is 1. The minimum atomic E-state index is 0.395. The highest BCUT2D eigenvalue weighted by Gasteiger charge is 2.18. The summed E-state index contributed by atoms with van der Waals surface area (Å²) in [5, 5.41) is 5.93. The topological polar surface area (TPSA) is 61.3 Å². The van der Waals surface area contributed by atoms with Crippen molar-refractivity contribution in [3.8, 4) is 28.2 Å². The van der Waals surface area contributed by atoms with Crippen LogP contribution in [-0.4, -0.2) is 12.3 Å². The van der Waals surface area contributed by atoms with E-state index in [-0.39, 0.29) is 0 Å². The lowest BCUT2D eigenvalue weighted by atomic mass is 10.0. The van der Waals surface area contributed by atoms with Crippen molar-refractivity contribution in [1.82, 2.24) is 5.16 Å². The molecule has 0 bridgehead atoms. The van der Waals surface area contributed by atoms with Gasteiger partial charge < -0.3 is 15.0 Å². The zero-order chi connectivity index (χ0) is 14.1. The lowest BCUT2D eigenvalue weighted by Gasteiger charge is -2.03. The number of anilines is 1. The van der Waals surface area contributed by atoms with Gasteiger partial charge in [0.05, 0.1) is 15.6 Å². The molecule has 102 valence electrons. The van der Waals surface area contributed by atoms with Gasteiger partial charge in [-0.15, -0.1) is 11.3 Å². The predicted molar refractivity (Wildman–Crippen MR) is 88.9 cm³/mol. The number of aromatic nitrogens is 1. The maximum Gasteiger partial charge on any atom is 0.177 e. The molecule has 1 aromatic carbocycles. The molecular formula is C14H11IN2O2S.